The molecule has 0 unspecified atom stereocenters. The average molecular weight is 548 g/mol. The number of aryl methyl sites for hydroxylation is 4. The zero-order valence-electron chi connectivity index (χ0n) is 22.3. The molecule has 39 heavy (non-hydrogen) atoms. The van der Waals surface area contributed by atoms with Crippen LogP contribution in [-0.2, 0) is 41.8 Å². The van der Waals surface area contributed by atoms with Crippen molar-refractivity contribution in [2.45, 2.75) is 31.9 Å². The Balaban J connectivity index is 1.42. The molecule has 0 saturated carbocycles. The topological polar surface area (TPSA) is 134 Å². The molecule has 0 spiro atoms. The molecule has 0 fully saturated rings. The number of fused-ring (bicyclic) bond motifs is 2. The van der Waals surface area contributed by atoms with Crippen LogP contribution in [-0.4, -0.2) is 55.4 Å². The number of rotatable bonds is 6. The second-order valence-electron chi connectivity index (χ2n) is 9.77. The van der Waals surface area contributed by atoms with Crippen molar-refractivity contribution in [2.24, 2.45) is 14.1 Å². The third kappa shape index (κ3) is 4.63. The van der Waals surface area contributed by atoms with Gasteiger partial charge in [0.25, 0.3) is 0 Å². The van der Waals surface area contributed by atoms with Crippen molar-refractivity contribution in [1.29, 1.82) is 0 Å². The zero-order valence-corrected chi connectivity index (χ0v) is 23.2. The maximum atomic E-state index is 12.9. The summed E-state index contributed by atoms with van der Waals surface area (Å²) in [5, 5.41) is 15.7. The third-order valence-electron chi connectivity index (χ3n) is 6.93. The van der Waals surface area contributed by atoms with Crippen LogP contribution in [0.3, 0.4) is 0 Å². The van der Waals surface area contributed by atoms with Crippen LogP contribution in [0.5, 0.6) is 0 Å². The van der Waals surface area contributed by atoms with Crippen molar-refractivity contribution in [3.63, 3.8) is 0 Å². The molecule has 0 bridgehead atoms. The summed E-state index contributed by atoms with van der Waals surface area (Å²) in [7, 11) is 0.165. The van der Waals surface area contributed by atoms with Crippen molar-refractivity contribution in [2.75, 3.05) is 23.5 Å². The van der Waals surface area contributed by atoms with E-state index in [-0.39, 0.29) is 4.90 Å². The molecule has 6 rings (SSSR count). The Bertz CT molecular complexity index is 1810. The van der Waals surface area contributed by atoms with Gasteiger partial charge < -0.3 is 19.9 Å². The Morgan fingerprint density at radius 3 is 2.49 bits per heavy atom. The molecule has 2 N–H and O–H groups in total. The highest BCUT2D eigenvalue weighted by Gasteiger charge is 2.20. The minimum absolute atomic E-state index is 0.164. The number of sulfone groups is 1. The molecule has 0 amide bonds. The molecule has 5 aromatic rings. The summed E-state index contributed by atoms with van der Waals surface area (Å²) in [5.74, 6) is 1.97. The van der Waals surface area contributed by atoms with Crippen molar-refractivity contribution in [3.05, 3.63) is 53.6 Å². The summed E-state index contributed by atoms with van der Waals surface area (Å²) in [6.07, 6.45) is 1.20. The van der Waals surface area contributed by atoms with Gasteiger partial charge in [-0.2, -0.15) is 10.2 Å². The number of hydrogen-bond acceptors (Lipinski definition) is 9. The summed E-state index contributed by atoms with van der Waals surface area (Å²) in [6.45, 7) is 5.68. The van der Waals surface area contributed by atoms with E-state index in [1.54, 1.807) is 16.8 Å². The van der Waals surface area contributed by atoms with Gasteiger partial charge in [-0.15, -0.1) is 0 Å². The van der Waals surface area contributed by atoms with Gasteiger partial charge in [-0.1, -0.05) is 6.07 Å². The maximum absolute atomic E-state index is 12.9. The predicted octanol–water partition coefficient (Wildman–Crippen LogP) is 3.60. The molecule has 1 aromatic carbocycles. The Morgan fingerprint density at radius 2 is 1.77 bits per heavy atom. The van der Waals surface area contributed by atoms with Crippen LogP contribution in [0.15, 0.2) is 41.3 Å². The lowest BCUT2D eigenvalue weighted by atomic mass is 10.1. The number of anilines is 4. The van der Waals surface area contributed by atoms with Crippen LogP contribution >= 0.6 is 0 Å². The Labute approximate surface area is 225 Å². The first-order valence-corrected chi connectivity index (χ1v) is 14.3. The fourth-order valence-electron chi connectivity index (χ4n) is 4.64. The fraction of sp³-hybridized carbons (Fsp3) is 0.308. The van der Waals surface area contributed by atoms with E-state index in [2.05, 4.69) is 20.8 Å². The minimum Gasteiger partial charge on any atom is -0.373 e. The van der Waals surface area contributed by atoms with Gasteiger partial charge in [0.05, 0.1) is 47.4 Å². The minimum atomic E-state index is -3.58. The van der Waals surface area contributed by atoms with Gasteiger partial charge in [-0.25, -0.2) is 18.4 Å². The molecular weight excluding hydrogens is 518 g/mol. The molecule has 0 radical (unpaired) electrons. The van der Waals surface area contributed by atoms with Crippen molar-refractivity contribution < 1.29 is 13.2 Å². The van der Waals surface area contributed by atoms with E-state index < -0.39 is 9.84 Å². The second kappa shape index (κ2) is 9.20. The lowest BCUT2D eigenvalue weighted by Crippen LogP contribution is -2.16. The summed E-state index contributed by atoms with van der Waals surface area (Å²) < 4.78 is 36.9. The van der Waals surface area contributed by atoms with Crippen molar-refractivity contribution >= 4 is 44.0 Å². The number of nitrogens with zero attached hydrogens (tertiary/aromatic N) is 7. The molecule has 0 saturated heterocycles. The van der Waals surface area contributed by atoms with Crippen LogP contribution in [0.4, 0.5) is 23.0 Å². The quantitative estimate of drug-likeness (QED) is 0.327. The molecule has 0 atom stereocenters. The molecule has 0 aliphatic carbocycles. The number of hydrogen-bond donors (Lipinski definition) is 2. The molecule has 12 nitrogen and oxygen atoms in total. The third-order valence-corrected chi connectivity index (χ3v) is 8.06. The van der Waals surface area contributed by atoms with Gasteiger partial charge in [0.2, 0.25) is 0 Å². The van der Waals surface area contributed by atoms with Gasteiger partial charge in [0.15, 0.2) is 21.3 Å². The second-order valence-corrected chi connectivity index (χ2v) is 11.8. The van der Waals surface area contributed by atoms with Crippen LogP contribution in [0.1, 0.15) is 17.2 Å². The SMILES string of the molecule is Cc1cc(-c2ccc(Nc3cc(Nc4cc5n(n4)CCOC5)nc4c3nc(C)n4C)c(S(C)(=O)=O)c2)nn1C. The Hall–Kier alpha value is -4.23. The van der Waals surface area contributed by atoms with Gasteiger partial charge >= 0.3 is 0 Å². The van der Waals surface area contributed by atoms with Crippen LogP contribution in [0.2, 0.25) is 0 Å². The smallest absolute Gasteiger partial charge is 0.177 e. The van der Waals surface area contributed by atoms with Crippen LogP contribution < -0.4 is 10.6 Å². The largest absolute Gasteiger partial charge is 0.373 e. The van der Waals surface area contributed by atoms with E-state index in [4.69, 9.17) is 14.7 Å². The first-order valence-electron chi connectivity index (χ1n) is 12.4. The zero-order chi connectivity index (χ0) is 27.5. The first kappa shape index (κ1) is 25.1. The molecular formula is C26H29N9O3S. The Morgan fingerprint density at radius 1 is 0.949 bits per heavy atom. The normalized spacial score (nSPS) is 13.6. The lowest BCUT2D eigenvalue weighted by molar-refractivity contribution is 0.0801. The van der Waals surface area contributed by atoms with E-state index in [1.165, 1.54) is 6.26 Å². The highest BCUT2D eigenvalue weighted by atomic mass is 32.2. The van der Waals surface area contributed by atoms with Gasteiger partial charge in [-0.3, -0.25) is 9.36 Å². The van der Waals surface area contributed by atoms with Crippen LogP contribution in [0.25, 0.3) is 22.4 Å². The molecule has 1 aliphatic rings. The summed E-state index contributed by atoms with van der Waals surface area (Å²) >= 11 is 0. The maximum Gasteiger partial charge on any atom is 0.177 e. The lowest BCUT2D eigenvalue weighted by Gasteiger charge is -2.14. The molecule has 5 heterocycles. The summed E-state index contributed by atoms with van der Waals surface area (Å²) in [6, 6.07) is 10.9. The molecule has 13 heteroatoms. The van der Waals surface area contributed by atoms with Gasteiger partial charge in [0, 0.05) is 43.7 Å². The van der Waals surface area contributed by atoms with Crippen LogP contribution in [0, 0.1) is 13.8 Å². The van der Waals surface area contributed by atoms with Crippen molar-refractivity contribution in [1.82, 2.24) is 34.1 Å². The summed E-state index contributed by atoms with van der Waals surface area (Å²) in [5.41, 5.74) is 5.71. The molecule has 1 aliphatic heterocycles. The van der Waals surface area contributed by atoms with Gasteiger partial charge in [0.1, 0.15) is 17.2 Å². The summed E-state index contributed by atoms with van der Waals surface area (Å²) in [4.78, 5) is 9.63. The van der Waals surface area contributed by atoms with E-state index in [1.807, 2.05) is 61.5 Å². The number of pyridine rings is 1. The first-order chi connectivity index (χ1) is 18.6. The number of aromatic nitrogens is 7. The van der Waals surface area contributed by atoms with E-state index in [0.29, 0.717) is 65.2 Å². The predicted molar refractivity (Wildman–Crippen MR) is 148 cm³/mol. The number of nitrogens with one attached hydrogen (secondary N) is 2. The van der Waals surface area contributed by atoms with Crippen molar-refractivity contribution in [3.8, 4) is 11.3 Å². The molecule has 202 valence electrons. The Kier molecular flexibility index (Phi) is 5.92. The molecule has 4 aromatic heterocycles. The highest BCUT2D eigenvalue weighted by Crippen LogP contribution is 2.34. The fourth-order valence-corrected chi connectivity index (χ4v) is 5.50. The highest BCUT2D eigenvalue weighted by molar-refractivity contribution is 7.90. The number of ether oxygens (including phenoxy) is 1. The van der Waals surface area contributed by atoms with Gasteiger partial charge in [-0.05, 0) is 32.0 Å². The number of imidazole rings is 1. The van der Waals surface area contributed by atoms with E-state index in [0.717, 1.165) is 17.2 Å². The average Bonchev–Trinajstić information content (AvgIpc) is 3.54. The van der Waals surface area contributed by atoms with E-state index in [9.17, 15) is 8.42 Å². The van der Waals surface area contributed by atoms with E-state index >= 15 is 0 Å². The monoisotopic (exact) mass is 547 g/mol. The standard InChI is InChI=1S/C26H29N9O3S/c1-15-10-20(31-34(15)4)17-6-7-19(22(11-17)39(5,36)37)28-21-13-23(30-26-25(21)27-16(2)33(26)3)29-24-12-18-14-38-9-8-35(18)32-24/h6-7,10-13H,8-9,14H2,1-5H3,(H2,28,29,30,32). The number of benzene rings is 1.